The van der Waals surface area contributed by atoms with Crippen molar-refractivity contribution in [2.75, 3.05) is 6.61 Å². The molecule has 2 aromatic heterocycles. The first-order valence-corrected chi connectivity index (χ1v) is 9.84. The first-order chi connectivity index (χ1) is 13.0. The summed E-state index contributed by atoms with van der Waals surface area (Å²) in [4.78, 5) is 36.1. The molecule has 0 bridgehead atoms. The summed E-state index contributed by atoms with van der Waals surface area (Å²) in [6.45, 7) is 3.41. The van der Waals surface area contributed by atoms with Crippen molar-refractivity contribution in [2.24, 2.45) is 0 Å². The third-order valence-electron chi connectivity index (χ3n) is 4.62. The lowest BCUT2D eigenvalue weighted by Crippen LogP contribution is -2.45. The Hall–Kier alpha value is -2.61. The number of aryl methyl sites for hydroxylation is 2. The second-order valence-electron chi connectivity index (χ2n) is 6.67. The van der Waals surface area contributed by atoms with Crippen LogP contribution in [-0.2, 0) is 9.53 Å². The number of urea groups is 1. The molecule has 0 spiro atoms. The van der Waals surface area contributed by atoms with Crippen LogP contribution in [0.4, 0.5) is 4.79 Å². The molecule has 8 heteroatoms. The van der Waals surface area contributed by atoms with E-state index in [9.17, 15) is 14.4 Å². The van der Waals surface area contributed by atoms with Crippen LogP contribution in [0.3, 0.4) is 0 Å². The third kappa shape index (κ3) is 4.57. The van der Waals surface area contributed by atoms with Gasteiger partial charge in [0.05, 0.1) is 5.56 Å². The van der Waals surface area contributed by atoms with E-state index in [2.05, 4.69) is 10.6 Å². The smallest absolute Gasteiger partial charge is 0.341 e. The van der Waals surface area contributed by atoms with Gasteiger partial charge in [0.1, 0.15) is 5.00 Å². The van der Waals surface area contributed by atoms with E-state index in [0.717, 1.165) is 42.1 Å². The quantitative estimate of drug-likeness (QED) is 0.769. The number of aromatic nitrogens is 1. The molecule has 3 rings (SSSR count). The number of carbonyl (C=O) groups excluding carboxylic acids is 3. The van der Waals surface area contributed by atoms with E-state index in [0.29, 0.717) is 5.56 Å². The molecule has 2 N–H and O–H groups in total. The van der Waals surface area contributed by atoms with Crippen LogP contribution in [0.1, 0.15) is 47.4 Å². The standard InChI is InChI=1S/C19H23N3O4S/c1-12-7-8-13(2)22(12)17-15(9-10-27-17)18(24)26-11-16(23)21-19(25)20-14-5-3-4-6-14/h7-10,14H,3-6,11H2,1-2H3,(H2,20,21,23,25). The molecule has 0 aliphatic heterocycles. The minimum atomic E-state index is -0.649. The highest BCUT2D eigenvalue weighted by Gasteiger charge is 2.21. The Bertz CT molecular complexity index is 830. The SMILES string of the molecule is Cc1ccc(C)n1-c1sccc1C(=O)OCC(=O)NC(=O)NC1CCCC1. The van der Waals surface area contributed by atoms with Gasteiger partial charge in [-0.3, -0.25) is 10.1 Å². The molecule has 144 valence electrons. The molecule has 0 unspecified atom stereocenters. The summed E-state index contributed by atoms with van der Waals surface area (Å²) in [7, 11) is 0. The molecule has 27 heavy (non-hydrogen) atoms. The van der Waals surface area contributed by atoms with Crippen LogP contribution in [0.5, 0.6) is 0 Å². The van der Waals surface area contributed by atoms with Gasteiger partial charge >= 0.3 is 12.0 Å². The number of hydrogen-bond donors (Lipinski definition) is 2. The molecule has 0 aromatic carbocycles. The highest BCUT2D eigenvalue weighted by molar-refractivity contribution is 7.13. The van der Waals surface area contributed by atoms with Crippen molar-refractivity contribution in [2.45, 2.75) is 45.6 Å². The Morgan fingerprint density at radius 2 is 1.81 bits per heavy atom. The summed E-state index contributed by atoms with van der Waals surface area (Å²) in [5, 5.41) is 7.51. The zero-order chi connectivity index (χ0) is 19.4. The number of thiophene rings is 1. The van der Waals surface area contributed by atoms with Crippen molar-refractivity contribution in [1.82, 2.24) is 15.2 Å². The maximum atomic E-state index is 12.4. The fourth-order valence-corrected chi connectivity index (χ4v) is 4.29. The monoisotopic (exact) mass is 389 g/mol. The molecule has 7 nitrogen and oxygen atoms in total. The average molecular weight is 389 g/mol. The van der Waals surface area contributed by atoms with Crippen LogP contribution in [0, 0.1) is 13.8 Å². The van der Waals surface area contributed by atoms with Crippen LogP contribution >= 0.6 is 11.3 Å². The van der Waals surface area contributed by atoms with Crippen LogP contribution in [0.15, 0.2) is 23.6 Å². The summed E-state index contributed by atoms with van der Waals surface area (Å²) in [5.41, 5.74) is 2.40. The van der Waals surface area contributed by atoms with Crippen molar-refractivity contribution < 1.29 is 19.1 Å². The summed E-state index contributed by atoms with van der Waals surface area (Å²) < 4.78 is 7.07. The average Bonchev–Trinajstić information content (AvgIpc) is 3.35. The van der Waals surface area contributed by atoms with E-state index < -0.39 is 24.5 Å². The number of esters is 1. The first-order valence-electron chi connectivity index (χ1n) is 8.96. The van der Waals surface area contributed by atoms with Gasteiger partial charge in [0.2, 0.25) is 0 Å². The lowest BCUT2D eigenvalue weighted by molar-refractivity contribution is -0.123. The Kier molecular flexibility index (Phi) is 5.95. The molecule has 2 aromatic rings. The van der Waals surface area contributed by atoms with Gasteiger partial charge in [-0.1, -0.05) is 12.8 Å². The molecular formula is C19H23N3O4S. The molecule has 0 radical (unpaired) electrons. The van der Waals surface area contributed by atoms with Gasteiger partial charge in [0, 0.05) is 17.4 Å². The predicted octanol–water partition coefficient (Wildman–Crippen LogP) is 3.08. The third-order valence-corrected chi connectivity index (χ3v) is 5.51. The van der Waals surface area contributed by atoms with Gasteiger partial charge in [-0.15, -0.1) is 11.3 Å². The summed E-state index contributed by atoms with van der Waals surface area (Å²) >= 11 is 1.42. The zero-order valence-electron chi connectivity index (χ0n) is 15.4. The van der Waals surface area contributed by atoms with Crippen LogP contribution < -0.4 is 10.6 Å². The molecule has 1 fully saturated rings. The predicted molar refractivity (Wildman–Crippen MR) is 102 cm³/mol. The van der Waals surface area contributed by atoms with Crippen LogP contribution in [0.25, 0.3) is 5.00 Å². The molecule has 0 saturated heterocycles. The van der Waals surface area contributed by atoms with Gasteiger partial charge in [0.15, 0.2) is 6.61 Å². The summed E-state index contributed by atoms with van der Waals surface area (Å²) in [6.07, 6.45) is 4.02. The number of amides is 3. The van der Waals surface area contributed by atoms with Gasteiger partial charge in [-0.25, -0.2) is 9.59 Å². The van der Waals surface area contributed by atoms with E-state index in [1.165, 1.54) is 11.3 Å². The Balaban J connectivity index is 1.55. The molecule has 0 atom stereocenters. The number of nitrogens with one attached hydrogen (secondary N) is 2. The number of rotatable bonds is 5. The zero-order valence-corrected chi connectivity index (χ0v) is 16.2. The van der Waals surface area contributed by atoms with Crippen molar-refractivity contribution >= 4 is 29.2 Å². The van der Waals surface area contributed by atoms with Crippen molar-refractivity contribution in [1.29, 1.82) is 0 Å². The second kappa shape index (κ2) is 8.39. The van der Waals surface area contributed by atoms with E-state index >= 15 is 0 Å². The normalized spacial score (nSPS) is 14.1. The van der Waals surface area contributed by atoms with E-state index in [1.807, 2.05) is 30.5 Å². The lowest BCUT2D eigenvalue weighted by atomic mass is 10.2. The van der Waals surface area contributed by atoms with Crippen LogP contribution in [0.2, 0.25) is 0 Å². The molecule has 1 saturated carbocycles. The van der Waals surface area contributed by atoms with Crippen molar-refractivity contribution in [3.63, 3.8) is 0 Å². The molecule has 2 heterocycles. The fraction of sp³-hybridized carbons (Fsp3) is 0.421. The largest absolute Gasteiger partial charge is 0.452 e. The number of imide groups is 1. The molecular weight excluding hydrogens is 366 g/mol. The Labute approximate surface area is 161 Å². The maximum Gasteiger partial charge on any atom is 0.341 e. The minimum absolute atomic E-state index is 0.113. The number of ether oxygens (including phenoxy) is 1. The molecule has 1 aliphatic rings. The van der Waals surface area contributed by atoms with Crippen LogP contribution in [-0.4, -0.2) is 35.1 Å². The van der Waals surface area contributed by atoms with Gasteiger partial charge in [-0.05, 0) is 50.3 Å². The van der Waals surface area contributed by atoms with Crippen molar-refractivity contribution in [3.8, 4) is 5.00 Å². The van der Waals surface area contributed by atoms with Crippen molar-refractivity contribution in [3.05, 3.63) is 40.5 Å². The summed E-state index contributed by atoms with van der Waals surface area (Å²) in [5.74, 6) is -1.24. The maximum absolute atomic E-state index is 12.4. The number of carbonyl (C=O) groups is 3. The van der Waals surface area contributed by atoms with Gasteiger partial charge in [-0.2, -0.15) is 0 Å². The topological polar surface area (TPSA) is 89.4 Å². The van der Waals surface area contributed by atoms with E-state index in [4.69, 9.17) is 4.74 Å². The number of hydrogen-bond acceptors (Lipinski definition) is 5. The first kappa shape index (κ1) is 19.2. The Morgan fingerprint density at radius 3 is 2.48 bits per heavy atom. The summed E-state index contributed by atoms with van der Waals surface area (Å²) in [6, 6.07) is 5.19. The Morgan fingerprint density at radius 1 is 1.15 bits per heavy atom. The molecule has 1 aliphatic carbocycles. The minimum Gasteiger partial charge on any atom is -0.452 e. The highest BCUT2D eigenvalue weighted by atomic mass is 32.1. The van der Waals surface area contributed by atoms with Gasteiger partial charge in [0.25, 0.3) is 5.91 Å². The van der Waals surface area contributed by atoms with E-state index in [1.54, 1.807) is 11.4 Å². The van der Waals surface area contributed by atoms with Gasteiger partial charge < -0.3 is 14.6 Å². The number of nitrogens with zero attached hydrogens (tertiary/aromatic N) is 1. The lowest BCUT2D eigenvalue weighted by Gasteiger charge is -2.12. The van der Waals surface area contributed by atoms with E-state index in [-0.39, 0.29) is 6.04 Å². The molecule has 3 amide bonds. The highest BCUT2D eigenvalue weighted by Crippen LogP contribution is 2.26. The fourth-order valence-electron chi connectivity index (χ4n) is 3.28. The second-order valence-corrected chi connectivity index (χ2v) is 7.56.